The van der Waals surface area contributed by atoms with Crippen LogP contribution in [-0.4, -0.2) is 23.1 Å². The first-order valence-corrected chi connectivity index (χ1v) is 8.35. The van der Waals surface area contributed by atoms with Crippen molar-refractivity contribution in [3.8, 4) is 0 Å². The molecule has 1 fully saturated rings. The lowest BCUT2D eigenvalue weighted by Gasteiger charge is -2.49. The van der Waals surface area contributed by atoms with Crippen LogP contribution in [0.5, 0.6) is 0 Å². The first kappa shape index (κ1) is 15.3. The number of benzene rings is 1. The molecule has 1 saturated carbocycles. The standard InChI is InChI=1S/C19H25NO2/c1-19(2,3)20-15-10-6-4-8-13(15)12-17(21)18(22)14-9-5-7-11-16(14)20/h5,7,9,11,13,15H,4,6,8,10,12H2,1-3H3. The number of nitrogens with zero attached hydrogens (tertiary/aromatic N) is 1. The van der Waals surface area contributed by atoms with E-state index in [-0.39, 0.29) is 17.1 Å². The molecular weight excluding hydrogens is 274 g/mol. The number of hydrogen-bond donors (Lipinski definition) is 0. The number of para-hydroxylation sites is 1. The lowest BCUT2D eigenvalue weighted by molar-refractivity contribution is -0.116. The van der Waals surface area contributed by atoms with E-state index in [1.807, 2.05) is 18.2 Å². The van der Waals surface area contributed by atoms with Gasteiger partial charge in [0.15, 0.2) is 0 Å². The number of anilines is 1. The van der Waals surface area contributed by atoms with Gasteiger partial charge in [-0.05, 0) is 51.7 Å². The van der Waals surface area contributed by atoms with E-state index < -0.39 is 0 Å². The Bertz CT molecular complexity index is 600. The highest BCUT2D eigenvalue weighted by molar-refractivity contribution is 6.45. The molecule has 2 aliphatic rings. The van der Waals surface area contributed by atoms with Gasteiger partial charge in [0.1, 0.15) is 0 Å². The summed E-state index contributed by atoms with van der Waals surface area (Å²) in [6, 6.07) is 7.98. The van der Waals surface area contributed by atoms with Gasteiger partial charge in [-0.25, -0.2) is 0 Å². The van der Waals surface area contributed by atoms with Crippen LogP contribution in [0.15, 0.2) is 24.3 Å². The summed E-state index contributed by atoms with van der Waals surface area (Å²) in [5.41, 5.74) is 1.44. The van der Waals surface area contributed by atoms with E-state index in [2.05, 4.69) is 25.7 Å². The van der Waals surface area contributed by atoms with Crippen molar-refractivity contribution in [2.45, 2.75) is 64.5 Å². The normalized spacial score (nSPS) is 26.0. The molecule has 3 heteroatoms. The van der Waals surface area contributed by atoms with Crippen molar-refractivity contribution in [1.29, 1.82) is 0 Å². The molecule has 22 heavy (non-hydrogen) atoms. The van der Waals surface area contributed by atoms with Crippen molar-refractivity contribution in [1.82, 2.24) is 0 Å². The van der Waals surface area contributed by atoms with Crippen LogP contribution < -0.4 is 4.90 Å². The topological polar surface area (TPSA) is 37.4 Å². The van der Waals surface area contributed by atoms with Crippen molar-refractivity contribution in [2.24, 2.45) is 5.92 Å². The molecule has 2 unspecified atom stereocenters. The zero-order chi connectivity index (χ0) is 15.9. The van der Waals surface area contributed by atoms with Gasteiger partial charge in [0.05, 0.1) is 0 Å². The lowest BCUT2D eigenvalue weighted by atomic mass is 9.76. The Morgan fingerprint density at radius 3 is 2.45 bits per heavy atom. The summed E-state index contributed by atoms with van der Waals surface area (Å²) >= 11 is 0. The van der Waals surface area contributed by atoms with E-state index in [1.165, 1.54) is 12.8 Å². The summed E-state index contributed by atoms with van der Waals surface area (Å²) in [6.45, 7) is 6.59. The molecule has 0 amide bonds. The Hall–Kier alpha value is -1.64. The highest BCUT2D eigenvalue weighted by Gasteiger charge is 2.41. The summed E-state index contributed by atoms with van der Waals surface area (Å²) in [7, 11) is 0. The molecule has 3 rings (SSSR count). The van der Waals surface area contributed by atoms with Crippen molar-refractivity contribution < 1.29 is 9.59 Å². The first-order chi connectivity index (χ1) is 10.4. The van der Waals surface area contributed by atoms with Crippen molar-refractivity contribution in [3.63, 3.8) is 0 Å². The maximum atomic E-state index is 12.6. The second-order valence-electron chi connectivity index (χ2n) is 7.63. The molecule has 0 saturated heterocycles. The molecule has 1 heterocycles. The van der Waals surface area contributed by atoms with Crippen LogP contribution in [0.25, 0.3) is 0 Å². The highest BCUT2D eigenvalue weighted by atomic mass is 16.2. The maximum Gasteiger partial charge on any atom is 0.230 e. The maximum absolute atomic E-state index is 12.6. The van der Waals surface area contributed by atoms with Crippen molar-refractivity contribution >= 4 is 17.3 Å². The Morgan fingerprint density at radius 1 is 1.05 bits per heavy atom. The van der Waals surface area contributed by atoms with Crippen molar-refractivity contribution in [2.75, 3.05) is 4.90 Å². The molecule has 0 N–H and O–H groups in total. The van der Waals surface area contributed by atoms with Gasteiger partial charge >= 0.3 is 0 Å². The van der Waals surface area contributed by atoms with Gasteiger partial charge in [-0.15, -0.1) is 0 Å². The van der Waals surface area contributed by atoms with Gasteiger partial charge in [0.2, 0.25) is 11.6 Å². The number of hydrogen-bond acceptors (Lipinski definition) is 3. The smallest absolute Gasteiger partial charge is 0.230 e. The van der Waals surface area contributed by atoms with Crippen LogP contribution in [0.3, 0.4) is 0 Å². The van der Waals surface area contributed by atoms with Gasteiger partial charge in [0.25, 0.3) is 0 Å². The van der Waals surface area contributed by atoms with E-state index in [1.54, 1.807) is 6.07 Å². The van der Waals surface area contributed by atoms with Crippen LogP contribution in [0, 0.1) is 5.92 Å². The predicted molar refractivity (Wildman–Crippen MR) is 88.4 cm³/mol. The number of rotatable bonds is 0. The summed E-state index contributed by atoms with van der Waals surface area (Å²) in [6.07, 6.45) is 4.95. The third-order valence-corrected chi connectivity index (χ3v) is 5.03. The zero-order valence-electron chi connectivity index (χ0n) is 13.8. The summed E-state index contributed by atoms with van der Waals surface area (Å²) < 4.78 is 0. The van der Waals surface area contributed by atoms with Gasteiger partial charge in [0, 0.05) is 29.3 Å². The van der Waals surface area contributed by atoms with Crippen LogP contribution in [0.2, 0.25) is 0 Å². The third kappa shape index (κ3) is 2.57. The minimum Gasteiger partial charge on any atom is -0.363 e. The molecule has 1 aliphatic carbocycles. The van der Waals surface area contributed by atoms with E-state index >= 15 is 0 Å². The van der Waals surface area contributed by atoms with Crippen LogP contribution in [0.4, 0.5) is 5.69 Å². The molecule has 0 aromatic heterocycles. The third-order valence-electron chi connectivity index (χ3n) is 5.03. The lowest BCUT2D eigenvalue weighted by Crippen LogP contribution is -2.54. The minimum atomic E-state index is -0.311. The zero-order valence-corrected chi connectivity index (χ0v) is 13.8. The Kier molecular flexibility index (Phi) is 3.84. The molecule has 1 aromatic rings. The van der Waals surface area contributed by atoms with Crippen molar-refractivity contribution in [3.05, 3.63) is 29.8 Å². The van der Waals surface area contributed by atoms with Gasteiger partial charge in [-0.3, -0.25) is 9.59 Å². The van der Waals surface area contributed by atoms with E-state index in [0.717, 1.165) is 18.5 Å². The van der Waals surface area contributed by atoms with E-state index in [9.17, 15) is 9.59 Å². The van der Waals surface area contributed by atoms with Gasteiger partial charge < -0.3 is 4.90 Å². The molecule has 0 radical (unpaired) electrons. The molecule has 1 aromatic carbocycles. The molecule has 2 atom stereocenters. The molecule has 118 valence electrons. The molecule has 1 aliphatic heterocycles. The minimum absolute atomic E-state index is 0.0724. The van der Waals surface area contributed by atoms with E-state index in [4.69, 9.17) is 0 Å². The Morgan fingerprint density at radius 2 is 1.73 bits per heavy atom. The number of carbonyl (C=O) groups is 2. The Balaban J connectivity index is 2.18. The number of Topliss-reactive ketones (excluding diaryl/α,β-unsaturated/α-hetero) is 2. The molecule has 0 spiro atoms. The second-order valence-corrected chi connectivity index (χ2v) is 7.63. The highest BCUT2D eigenvalue weighted by Crippen LogP contribution is 2.41. The number of fused-ring (bicyclic) bond motifs is 2. The quantitative estimate of drug-likeness (QED) is 0.679. The second kappa shape index (κ2) is 5.53. The van der Waals surface area contributed by atoms with Crippen LogP contribution in [-0.2, 0) is 4.79 Å². The number of ketones is 2. The monoisotopic (exact) mass is 299 g/mol. The van der Waals surface area contributed by atoms with Gasteiger partial charge in [-0.1, -0.05) is 25.0 Å². The fraction of sp³-hybridized carbons (Fsp3) is 0.579. The fourth-order valence-corrected chi connectivity index (χ4v) is 4.16. The largest absolute Gasteiger partial charge is 0.363 e. The van der Waals surface area contributed by atoms with Crippen LogP contribution >= 0.6 is 0 Å². The average Bonchev–Trinajstić information content (AvgIpc) is 2.46. The summed E-state index contributed by atoms with van der Waals surface area (Å²) in [5, 5.41) is 0. The van der Waals surface area contributed by atoms with Crippen LogP contribution in [0.1, 0.15) is 63.2 Å². The number of carbonyl (C=O) groups excluding carboxylic acids is 2. The first-order valence-electron chi connectivity index (χ1n) is 8.35. The fourth-order valence-electron chi connectivity index (χ4n) is 4.16. The molecule has 3 nitrogen and oxygen atoms in total. The SMILES string of the molecule is CC(C)(C)N1c2ccccc2C(=O)C(=O)CC2CCCCC21. The average molecular weight is 299 g/mol. The predicted octanol–water partition coefficient (Wildman–Crippen LogP) is 4.01. The summed E-state index contributed by atoms with van der Waals surface area (Å²) in [4.78, 5) is 27.3. The Labute approximate surface area is 132 Å². The summed E-state index contributed by atoms with van der Waals surface area (Å²) in [5.74, 6) is -0.218. The molecular formula is C19H25NO2. The van der Waals surface area contributed by atoms with E-state index in [0.29, 0.717) is 23.9 Å². The molecule has 0 bridgehead atoms. The van der Waals surface area contributed by atoms with Gasteiger partial charge in [-0.2, -0.15) is 0 Å².